The molecule has 3 aromatic carbocycles. The number of nitrogens with one attached hydrogen (secondary N) is 1. The van der Waals surface area contributed by atoms with E-state index in [1.807, 2.05) is 77.7 Å². The highest BCUT2D eigenvalue weighted by molar-refractivity contribution is 6.04. The smallest absolute Gasteiger partial charge is 0.255 e. The molecule has 1 fully saturated rings. The second-order valence-corrected chi connectivity index (χ2v) is 7.01. The molecule has 0 unspecified atom stereocenters. The van der Waals surface area contributed by atoms with Crippen LogP contribution in [0.25, 0.3) is 0 Å². The summed E-state index contributed by atoms with van der Waals surface area (Å²) in [6.07, 6.45) is 0. The average molecular weight is 385 g/mol. The van der Waals surface area contributed by atoms with Gasteiger partial charge in [-0.1, -0.05) is 36.4 Å². The van der Waals surface area contributed by atoms with Crippen LogP contribution in [0.3, 0.4) is 0 Å². The number of carbonyl (C=O) groups excluding carboxylic acids is 2. The van der Waals surface area contributed by atoms with Crippen molar-refractivity contribution in [2.45, 2.75) is 0 Å². The largest absolute Gasteiger partial charge is 0.368 e. The summed E-state index contributed by atoms with van der Waals surface area (Å²) in [4.78, 5) is 29.0. The molecule has 1 aliphatic rings. The fourth-order valence-electron chi connectivity index (χ4n) is 3.48. The van der Waals surface area contributed by atoms with Gasteiger partial charge in [0.1, 0.15) is 0 Å². The molecule has 1 heterocycles. The zero-order valence-electron chi connectivity index (χ0n) is 16.1. The summed E-state index contributed by atoms with van der Waals surface area (Å²) in [6.45, 7) is 2.96. The first-order valence-corrected chi connectivity index (χ1v) is 9.76. The summed E-state index contributed by atoms with van der Waals surface area (Å²) in [7, 11) is 0. The molecule has 0 saturated carbocycles. The molecule has 5 heteroatoms. The lowest BCUT2D eigenvalue weighted by molar-refractivity contribution is 0.0746. The van der Waals surface area contributed by atoms with Crippen molar-refractivity contribution in [2.24, 2.45) is 0 Å². The second kappa shape index (κ2) is 8.61. The summed E-state index contributed by atoms with van der Waals surface area (Å²) < 4.78 is 0. The van der Waals surface area contributed by atoms with Gasteiger partial charge in [0, 0.05) is 48.7 Å². The molecule has 29 heavy (non-hydrogen) atoms. The topological polar surface area (TPSA) is 52.7 Å². The van der Waals surface area contributed by atoms with Gasteiger partial charge >= 0.3 is 0 Å². The minimum Gasteiger partial charge on any atom is -0.368 e. The average Bonchev–Trinajstić information content (AvgIpc) is 2.80. The van der Waals surface area contributed by atoms with E-state index in [-0.39, 0.29) is 11.8 Å². The Morgan fingerprint density at radius 2 is 1.21 bits per heavy atom. The second-order valence-electron chi connectivity index (χ2n) is 7.01. The SMILES string of the molecule is O=C(Nc1ccc(N2CCN(C(=O)c3ccccc3)CC2)cc1)c1ccccc1. The molecular formula is C24H23N3O2. The first kappa shape index (κ1) is 18.7. The monoisotopic (exact) mass is 385 g/mol. The number of piperazine rings is 1. The summed E-state index contributed by atoms with van der Waals surface area (Å²) >= 11 is 0. The Morgan fingerprint density at radius 1 is 0.655 bits per heavy atom. The number of hydrogen-bond donors (Lipinski definition) is 1. The zero-order valence-corrected chi connectivity index (χ0v) is 16.1. The molecule has 146 valence electrons. The normalized spacial score (nSPS) is 13.8. The molecule has 4 rings (SSSR count). The first-order chi connectivity index (χ1) is 14.2. The maximum atomic E-state index is 12.6. The van der Waals surface area contributed by atoms with E-state index in [1.165, 1.54) is 0 Å². The summed E-state index contributed by atoms with van der Waals surface area (Å²) in [5.41, 5.74) is 3.23. The van der Waals surface area contributed by atoms with Gasteiger partial charge in [-0.2, -0.15) is 0 Å². The maximum Gasteiger partial charge on any atom is 0.255 e. The van der Waals surface area contributed by atoms with E-state index in [0.717, 1.165) is 30.0 Å². The van der Waals surface area contributed by atoms with Crippen molar-refractivity contribution < 1.29 is 9.59 Å². The Morgan fingerprint density at radius 3 is 1.79 bits per heavy atom. The zero-order chi connectivity index (χ0) is 20.1. The van der Waals surface area contributed by atoms with Gasteiger partial charge < -0.3 is 15.1 Å². The molecule has 1 saturated heterocycles. The lowest BCUT2D eigenvalue weighted by Crippen LogP contribution is -2.48. The van der Waals surface area contributed by atoms with Gasteiger partial charge in [0.2, 0.25) is 0 Å². The number of benzene rings is 3. The Balaban J connectivity index is 1.33. The van der Waals surface area contributed by atoms with Crippen molar-refractivity contribution >= 4 is 23.2 Å². The number of carbonyl (C=O) groups is 2. The van der Waals surface area contributed by atoms with Crippen molar-refractivity contribution in [1.82, 2.24) is 4.90 Å². The third-order valence-corrected chi connectivity index (χ3v) is 5.11. The van der Waals surface area contributed by atoms with Crippen LogP contribution >= 0.6 is 0 Å². The highest BCUT2D eigenvalue weighted by Crippen LogP contribution is 2.20. The summed E-state index contributed by atoms with van der Waals surface area (Å²) in [5.74, 6) is -0.0318. The minimum atomic E-state index is -0.119. The van der Waals surface area contributed by atoms with Crippen molar-refractivity contribution in [2.75, 3.05) is 36.4 Å². The minimum absolute atomic E-state index is 0.0872. The van der Waals surface area contributed by atoms with E-state index in [2.05, 4.69) is 10.2 Å². The molecular weight excluding hydrogens is 362 g/mol. The van der Waals surface area contributed by atoms with E-state index < -0.39 is 0 Å². The van der Waals surface area contributed by atoms with Crippen LogP contribution in [0, 0.1) is 0 Å². The molecule has 3 aromatic rings. The van der Waals surface area contributed by atoms with Gasteiger partial charge in [0.15, 0.2) is 0 Å². The van der Waals surface area contributed by atoms with E-state index in [1.54, 1.807) is 12.1 Å². The van der Waals surface area contributed by atoms with Gasteiger partial charge in [-0.25, -0.2) is 0 Å². The van der Waals surface area contributed by atoms with Crippen molar-refractivity contribution in [3.05, 3.63) is 96.1 Å². The van der Waals surface area contributed by atoms with E-state index in [4.69, 9.17) is 0 Å². The maximum absolute atomic E-state index is 12.6. The van der Waals surface area contributed by atoms with Crippen LogP contribution in [0.2, 0.25) is 0 Å². The molecule has 0 spiro atoms. The summed E-state index contributed by atoms with van der Waals surface area (Å²) in [6, 6.07) is 26.4. The van der Waals surface area contributed by atoms with Crippen molar-refractivity contribution in [1.29, 1.82) is 0 Å². The van der Waals surface area contributed by atoms with Gasteiger partial charge in [0.25, 0.3) is 11.8 Å². The van der Waals surface area contributed by atoms with E-state index in [0.29, 0.717) is 18.7 Å². The third-order valence-electron chi connectivity index (χ3n) is 5.11. The van der Waals surface area contributed by atoms with Crippen LogP contribution in [0.5, 0.6) is 0 Å². The quantitative estimate of drug-likeness (QED) is 0.741. The molecule has 0 bridgehead atoms. The molecule has 5 nitrogen and oxygen atoms in total. The Kier molecular flexibility index (Phi) is 5.56. The molecule has 2 amide bonds. The van der Waals surface area contributed by atoms with Gasteiger partial charge in [-0.15, -0.1) is 0 Å². The van der Waals surface area contributed by atoms with E-state index >= 15 is 0 Å². The highest BCUT2D eigenvalue weighted by atomic mass is 16.2. The molecule has 0 aliphatic carbocycles. The first-order valence-electron chi connectivity index (χ1n) is 9.76. The molecule has 0 radical (unpaired) electrons. The molecule has 1 aliphatic heterocycles. The third kappa shape index (κ3) is 4.46. The van der Waals surface area contributed by atoms with Crippen LogP contribution in [-0.4, -0.2) is 42.9 Å². The fraction of sp³-hybridized carbons (Fsp3) is 0.167. The molecule has 1 N–H and O–H groups in total. The lowest BCUT2D eigenvalue weighted by atomic mass is 10.1. The number of anilines is 2. The number of hydrogen-bond acceptors (Lipinski definition) is 3. The number of nitrogens with zero attached hydrogens (tertiary/aromatic N) is 2. The Labute approximate surface area is 170 Å². The van der Waals surface area contributed by atoms with Gasteiger partial charge in [-0.05, 0) is 48.5 Å². The molecule has 0 aromatic heterocycles. The van der Waals surface area contributed by atoms with Crippen LogP contribution < -0.4 is 10.2 Å². The van der Waals surface area contributed by atoms with Crippen LogP contribution in [0.4, 0.5) is 11.4 Å². The highest BCUT2D eigenvalue weighted by Gasteiger charge is 2.22. The number of rotatable bonds is 4. The number of amides is 2. The fourth-order valence-corrected chi connectivity index (χ4v) is 3.48. The van der Waals surface area contributed by atoms with Crippen LogP contribution in [0.15, 0.2) is 84.9 Å². The van der Waals surface area contributed by atoms with Crippen LogP contribution in [-0.2, 0) is 0 Å². The predicted molar refractivity (Wildman–Crippen MR) is 115 cm³/mol. The standard InChI is InChI=1S/C24H23N3O2/c28-23(19-7-3-1-4-8-19)25-21-11-13-22(14-12-21)26-15-17-27(18-16-26)24(29)20-9-5-2-6-10-20/h1-14H,15-18H2,(H,25,28). The van der Waals surface area contributed by atoms with Crippen molar-refractivity contribution in [3.8, 4) is 0 Å². The lowest BCUT2D eigenvalue weighted by Gasteiger charge is -2.36. The summed E-state index contributed by atoms with van der Waals surface area (Å²) in [5, 5.41) is 2.92. The van der Waals surface area contributed by atoms with Crippen molar-refractivity contribution in [3.63, 3.8) is 0 Å². The van der Waals surface area contributed by atoms with Crippen LogP contribution in [0.1, 0.15) is 20.7 Å². The Hall–Kier alpha value is -3.60. The molecule has 0 atom stereocenters. The van der Waals surface area contributed by atoms with E-state index in [9.17, 15) is 9.59 Å². The van der Waals surface area contributed by atoms with Gasteiger partial charge in [-0.3, -0.25) is 9.59 Å². The van der Waals surface area contributed by atoms with Gasteiger partial charge in [0.05, 0.1) is 0 Å². The predicted octanol–water partition coefficient (Wildman–Crippen LogP) is 3.90. The Bertz CT molecular complexity index is 964.